The maximum absolute atomic E-state index is 11.3. The quantitative estimate of drug-likeness (QED) is 0.523. The second-order valence-electron chi connectivity index (χ2n) is 1.77. The van der Waals surface area contributed by atoms with Crippen molar-refractivity contribution in [2.75, 3.05) is 25.7 Å². The lowest BCUT2D eigenvalue weighted by Gasteiger charge is -2.13. The Kier molecular flexibility index (Phi) is 5.36. The predicted molar refractivity (Wildman–Crippen MR) is 43.9 cm³/mol. The fourth-order valence-electron chi connectivity index (χ4n) is 0.518. The monoisotopic (exact) mass is 185 g/mol. The predicted octanol–water partition coefficient (Wildman–Crippen LogP) is 1.67. The zero-order valence-corrected chi connectivity index (χ0v) is 7.91. The standard InChI is InChI=1S/C5H13ClNO2P/c1-3-10(8,9-2)7-5-4-6/h3-5H2,1-2H3,(H,7,8). The van der Waals surface area contributed by atoms with E-state index in [1.165, 1.54) is 7.11 Å². The van der Waals surface area contributed by atoms with E-state index in [2.05, 4.69) is 5.09 Å². The fraction of sp³-hybridized carbons (Fsp3) is 1.00. The van der Waals surface area contributed by atoms with Gasteiger partial charge in [-0.25, -0.2) is 5.09 Å². The van der Waals surface area contributed by atoms with Crippen molar-refractivity contribution in [3.8, 4) is 0 Å². The molecule has 0 aliphatic rings. The van der Waals surface area contributed by atoms with Gasteiger partial charge in [-0.15, -0.1) is 11.6 Å². The first-order valence-electron chi connectivity index (χ1n) is 3.14. The highest BCUT2D eigenvalue weighted by molar-refractivity contribution is 7.56. The molecule has 0 spiro atoms. The van der Waals surface area contributed by atoms with Gasteiger partial charge in [-0.2, -0.15) is 0 Å². The summed E-state index contributed by atoms with van der Waals surface area (Å²) in [6.07, 6.45) is 0.500. The maximum Gasteiger partial charge on any atom is 0.269 e. The molecule has 10 heavy (non-hydrogen) atoms. The van der Waals surface area contributed by atoms with Gasteiger partial charge in [-0.1, -0.05) is 6.92 Å². The lowest BCUT2D eigenvalue weighted by Crippen LogP contribution is -2.15. The van der Waals surface area contributed by atoms with Crippen molar-refractivity contribution in [3.05, 3.63) is 0 Å². The van der Waals surface area contributed by atoms with Gasteiger partial charge in [-0.05, 0) is 0 Å². The van der Waals surface area contributed by atoms with Gasteiger partial charge < -0.3 is 4.52 Å². The number of hydrogen-bond donors (Lipinski definition) is 1. The molecule has 0 aliphatic carbocycles. The largest absolute Gasteiger partial charge is 0.321 e. The van der Waals surface area contributed by atoms with Crippen LogP contribution in [-0.4, -0.2) is 25.7 Å². The van der Waals surface area contributed by atoms with Crippen molar-refractivity contribution >= 4 is 19.1 Å². The molecule has 0 saturated carbocycles. The molecule has 5 heteroatoms. The van der Waals surface area contributed by atoms with Crippen LogP contribution in [-0.2, 0) is 9.09 Å². The van der Waals surface area contributed by atoms with Crippen LogP contribution in [0.5, 0.6) is 0 Å². The average molecular weight is 186 g/mol. The molecule has 3 nitrogen and oxygen atoms in total. The lowest BCUT2D eigenvalue weighted by molar-refractivity contribution is 0.384. The summed E-state index contributed by atoms with van der Waals surface area (Å²) in [4.78, 5) is 0. The van der Waals surface area contributed by atoms with Gasteiger partial charge in [0.25, 0.3) is 7.52 Å². The summed E-state index contributed by atoms with van der Waals surface area (Å²) in [5.41, 5.74) is 0. The molecule has 0 aromatic rings. The van der Waals surface area contributed by atoms with Crippen LogP contribution < -0.4 is 5.09 Å². The maximum atomic E-state index is 11.3. The topological polar surface area (TPSA) is 38.3 Å². The van der Waals surface area contributed by atoms with Gasteiger partial charge in [0.05, 0.1) is 0 Å². The molecule has 0 amide bonds. The summed E-state index contributed by atoms with van der Waals surface area (Å²) in [5, 5.41) is 2.75. The first kappa shape index (κ1) is 10.4. The molecule has 0 saturated heterocycles. The lowest BCUT2D eigenvalue weighted by atomic mass is 10.8. The molecule has 0 heterocycles. The first-order chi connectivity index (χ1) is 4.68. The van der Waals surface area contributed by atoms with Crippen LogP contribution in [0.1, 0.15) is 6.92 Å². The van der Waals surface area contributed by atoms with Crippen molar-refractivity contribution in [3.63, 3.8) is 0 Å². The van der Waals surface area contributed by atoms with Crippen molar-refractivity contribution in [2.45, 2.75) is 6.92 Å². The number of rotatable bonds is 5. The molecule has 0 aromatic heterocycles. The SMILES string of the molecule is CCP(=O)(NCCCl)OC. The molecule has 1 N–H and O–H groups in total. The molecule has 0 aromatic carbocycles. The van der Waals surface area contributed by atoms with E-state index >= 15 is 0 Å². The number of alkyl halides is 1. The Balaban J connectivity index is 3.70. The molecule has 62 valence electrons. The third-order valence-electron chi connectivity index (χ3n) is 1.16. The summed E-state index contributed by atoms with van der Waals surface area (Å²) >= 11 is 5.38. The summed E-state index contributed by atoms with van der Waals surface area (Å²) in [7, 11) is -1.10. The van der Waals surface area contributed by atoms with E-state index in [0.717, 1.165) is 0 Å². The fourth-order valence-corrected chi connectivity index (χ4v) is 1.81. The Morgan fingerprint density at radius 1 is 1.70 bits per heavy atom. The summed E-state index contributed by atoms with van der Waals surface area (Å²) in [6, 6.07) is 0. The van der Waals surface area contributed by atoms with Gasteiger partial charge in [0, 0.05) is 25.7 Å². The minimum absolute atomic E-state index is 0.452. The highest BCUT2D eigenvalue weighted by Crippen LogP contribution is 2.39. The Bertz CT molecular complexity index is 123. The first-order valence-corrected chi connectivity index (χ1v) is 5.49. The zero-order chi connectivity index (χ0) is 8.04. The molecule has 1 atom stereocenters. The van der Waals surface area contributed by atoms with E-state index in [4.69, 9.17) is 16.1 Å². The van der Waals surface area contributed by atoms with Crippen LogP contribution in [0.2, 0.25) is 0 Å². The van der Waals surface area contributed by atoms with Gasteiger partial charge in [0.15, 0.2) is 0 Å². The van der Waals surface area contributed by atoms with E-state index < -0.39 is 7.52 Å². The van der Waals surface area contributed by atoms with E-state index in [1.807, 2.05) is 6.92 Å². The van der Waals surface area contributed by atoms with Crippen LogP contribution in [0.15, 0.2) is 0 Å². The number of nitrogens with one attached hydrogen (secondary N) is 1. The van der Waals surface area contributed by atoms with Crippen molar-refractivity contribution < 1.29 is 9.09 Å². The van der Waals surface area contributed by atoms with E-state index in [0.29, 0.717) is 18.6 Å². The van der Waals surface area contributed by atoms with E-state index in [9.17, 15) is 4.57 Å². The highest BCUT2D eigenvalue weighted by atomic mass is 35.5. The minimum atomic E-state index is -2.53. The Morgan fingerprint density at radius 2 is 2.30 bits per heavy atom. The summed E-state index contributed by atoms with van der Waals surface area (Å²) < 4.78 is 16.1. The summed E-state index contributed by atoms with van der Waals surface area (Å²) in [5.74, 6) is 0.452. The van der Waals surface area contributed by atoms with E-state index in [1.54, 1.807) is 0 Å². The van der Waals surface area contributed by atoms with Crippen LogP contribution in [0.25, 0.3) is 0 Å². The third kappa shape index (κ3) is 3.57. The van der Waals surface area contributed by atoms with Crippen LogP contribution in [0.3, 0.4) is 0 Å². The molecule has 0 fully saturated rings. The zero-order valence-electron chi connectivity index (χ0n) is 6.26. The molecule has 0 aliphatic heterocycles. The average Bonchev–Trinajstić information content (AvgIpc) is 2.00. The highest BCUT2D eigenvalue weighted by Gasteiger charge is 2.16. The van der Waals surface area contributed by atoms with E-state index in [-0.39, 0.29) is 0 Å². The molecule has 0 rings (SSSR count). The second-order valence-corrected chi connectivity index (χ2v) is 4.81. The molecular weight excluding hydrogens is 172 g/mol. The molecule has 0 radical (unpaired) electrons. The minimum Gasteiger partial charge on any atom is -0.321 e. The summed E-state index contributed by atoms with van der Waals surface area (Å²) in [6.45, 7) is 2.34. The van der Waals surface area contributed by atoms with Crippen LogP contribution in [0, 0.1) is 0 Å². The molecule has 1 unspecified atom stereocenters. The Morgan fingerprint density at radius 3 is 2.60 bits per heavy atom. The Hall–Kier alpha value is 0.440. The van der Waals surface area contributed by atoms with Gasteiger partial charge in [-0.3, -0.25) is 4.57 Å². The number of hydrogen-bond acceptors (Lipinski definition) is 2. The van der Waals surface area contributed by atoms with Crippen molar-refractivity contribution in [1.82, 2.24) is 5.09 Å². The van der Waals surface area contributed by atoms with Gasteiger partial charge >= 0.3 is 0 Å². The van der Waals surface area contributed by atoms with Gasteiger partial charge in [0.1, 0.15) is 0 Å². The normalized spacial score (nSPS) is 16.7. The van der Waals surface area contributed by atoms with Crippen LogP contribution in [0.4, 0.5) is 0 Å². The van der Waals surface area contributed by atoms with Crippen molar-refractivity contribution in [2.24, 2.45) is 0 Å². The van der Waals surface area contributed by atoms with Crippen molar-refractivity contribution in [1.29, 1.82) is 0 Å². The van der Waals surface area contributed by atoms with Crippen LogP contribution >= 0.6 is 19.1 Å². The smallest absolute Gasteiger partial charge is 0.269 e. The molecular formula is C5H13ClNO2P. The second kappa shape index (κ2) is 5.14. The molecule has 0 bridgehead atoms. The number of halogens is 1. The third-order valence-corrected chi connectivity index (χ3v) is 3.48. The van der Waals surface area contributed by atoms with Gasteiger partial charge in [0.2, 0.25) is 0 Å². The Labute approximate surface area is 66.6 Å².